The molecule has 4 nitrogen and oxygen atoms in total. The van der Waals surface area contributed by atoms with Crippen LogP contribution in [-0.4, -0.2) is 61.3 Å². The van der Waals surface area contributed by atoms with E-state index in [0.29, 0.717) is 0 Å². The Morgan fingerprint density at radius 3 is 2.35 bits per heavy atom. The highest BCUT2D eigenvalue weighted by Crippen LogP contribution is 2.26. The molecule has 0 spiro atoms. The van der Waals surface area contributed by atoms with E-state index in [-0.39, 0.29) is 11.2 Å². The lowest BCUT2D eigenvalue weighted by Gasteiger charge is -2.33. The van der Waals surface area contributed by atoms with Gasteiger partial charge in [-0.1, -0.05) is 0 Å². The van der Waals surface area contributed by atoms with Gasteiger partial charge in [-0.2, -0.15) is 0 Å². The Balaban J connectivity index is 1.89. The smallest absolute Gasteiger partial charge is 0.235 e. The second-order valence-electron chi connectivity index (χ2n) is 5.06. The molecule has 1 fully saturated rings. The number of benzene rings is 1. The predicted octanol–water partition coefficient (Wildman–Crippen LogP) is 1.95. The molecule has 0 aromatic heterocycles. The number of amides is 1. The van der Waals surface area contributed by atoms with Crippen molar-refractivity contribution in [2.75, 3.05) is 40.3 Å². The van der Waals surface area contributed by atoms with E-state index in [0.717, 1.165) is 36.8 Å². The lowest BCUT2D eigenvalue weighted by molar-refractivity contribution is -0.131. The van der Waals surface area contributed by atoms with E-state index in [1.165, 1.54) is 0 Å². The number of hydrogen-bond donors (Lipinski definition) is 0. The number of carbonyl (C=O) groups excluding carboxylic acids is 1. The maximum atomic E-state index is 12.4. The van der Waals surface area contributed by atoms with Gasteiger partial charge in [-0.05, 0) is 38.2 Å². The van der Waals surface area contributed by atoms with Crippen LogP contribution in [-0.2, 0) is 4.79 Å². The third kappa shape index (κ3) is 3.90. The molecule has 1 aliphatic heterocycles. The van der Waals surface area contributed by atoms with Crippen LogP contribution in [0.4, 0.5) is 0 Å². The van der Waals surface area contributed by atoms with Crippen molar-refractivity contribution in [3.63, 3.8) is 0 Å². The average molecular weight is 294 g/mol. The van der Waals surface area contributed by atoms with Crippen molar-refractivity contribution in [1.29, 1.82) is 0 Å². The van der Waals surface area contributed by atoms with Gasteiger partial charge in [0.25, 0.3) is 0 Å². The van der Waals surface area contributed by atoms with Crippen molar-refractivity contribution in [1.82, 2.24) is 9.80 Å². The number of likely N-dealkylation sites (N-methyl/N-ethyl adjacent to an activating group) is 1. The number of methoxy groups -OCH3 is 1. The first-order chi connectivity index (χ1) is 9.60. The van der Waals surface area contributed by atoms with Gasteiger partial charge < -0.3 is 14.5 Å². The first-order valence-corrected chi connectivity index (χ1v) is 7.76. The number of ether oxygens (including phenoxy) is 1. The molecule has 1 unspecified atom stereocenters. The van der Waals surface area contributed by atoms with Gasteiger partial charge in [-0.25, -0.2) is 0 Å². The van der Waals surface area contributed by atoms with Gasteiger partial charge in [-0.15, -0.1) is 11.8 Å². The molecule has 1 aliphatic rings. The van der Waals surface area contributed by atoms with Gasteiger partial charge in [-0.3, -0.25) is 4.79 Å². The number of nitrogens with zero attached hydrogens (tertiary/aromatic N) is 2. The number of piperazine rings is 1. The quantitative estimate of drug-likeness (QED) is 0.795. The molecule has 0 N–H and O–H groups in total. The fourth-order valence-corrected chi connectivity index (χ4v) is 3.14. The fourth-order valence-electron chi connectivity index (χ4n) is 2.19. The van der Waals surface area contributed by atoms with Crippen molar-refractivity contribution in [3.8, 4) is 5.75 Å². The van der Waals surface area contributed by atoms with E-state index in [1.54, 1.807) is 18.9 Å². The van der Waals surface area contributed by atoms with E-state index in [9.17, 15) is 4.79 Å². The zero-order chi connectivity index (χ0) is 14.5. The van der Waals surface area contributed by atoms with Crippen molar-refractivity contribution in [2.45, 2.75) is 17.1 Å². The molecule has 1 atom stereocenters. The van der Waals surface area contributed by atoms with Crippen molar-refractivity contribution in [2.24, 2.45) is 0 Å². The normalized spacial score (nSPS) is 17.9. The third-order valence-corrected chi connectivity index (χ3v) is 4.63. The minimum absolute atomic E-state index is 0.0493. The summed E-state index contributed by atoms with van der Waals surface area (Å²) in [6.45, 7) is 5.58. The Morgan fingerprint density at radius 1 is 1.20 bits per heavy atom. The summed E-state index contributed by atoms with van der Waals surface area (Å²) in [6, 6.07) is 7.85. The zero-order valence-corrected chi connectivity index (χ0v) is 13.2. The summed E-state index contributed by atoms with van der Waals surface area (Å²) in [6.07, 6.45) is 0. The van der Waals surface area contributed by atoms with Crippen LogP contribution in [0.25, 0.3) is 0 Å². The molecule has 1 aromatic rings. The van der Waals surface area contributed by atoms with E-state index in [2.05, 4.69) is 11.9 Å². The van der Waals surface area contributed by atoms with Crippen LogP contribution in [0.15, 0.2) is 29.2 Å². The molecule has 0 aliphatic carbocycles. The second-order valence-corrected chi connectivity index (χ2v) is 6.48. The molecule has 5 heteroatoms. The Bertz CT molecular complexity index is 442. The summed E-state index contributed by atoms with van der Waals surface area (Å²) < 4.78 is 5.14. The second kappa shape index (κ2) is 6.99. The highest BCUT2D eigenvalue weighted by atomic mass is 32.2. The number of rotatable bonds is 4. The molecule has 0 radical (unpaired) electrons. The molecule has 1 heterocycles. The Morgan fingerprint density at radius 2 is 1.80 bits per heavy atom. The van der Waals surface area contributed by atoms with Gasteiger partial charge in [0.1, 0.15) is 5.75 Å². The van der Waals surface area contributed by atoms with Crippen LogP contribution < -0.4 is 4.74 Å². The summed E-state index contributed by atoms with van der Waals surface area (Å²) in [7, 11) is 3.75. The Hall–Kier alpha value is -1.20. The molecular formula is C15H22N2O2S. The standard InChI is InChI=1S/C15H22N2O2S/c1-12(15(18)17-10-8-16(2)9-11-17)20-14-6-4-13(19-3)5-7-14/h4-7,12H,8-11H2,1-3H3. The maximum Gasteiger partial charge on any atom is 0.235 e. The molecule has 1 aromatic carbocycles. The molecule has 110 valence electrons. The van der Waals surface area contributed by atoms with Crippen LogP contribution in [0.1, 0.15) is 6.92 Å². The van der Waals surface area contributed by atoms with Crippen LogP contribution in [0, 0.1) is 0 Å². The molecule has 1 amide bonds. The first-order valence-electron chi connectivity index (χ1n) is 6.88. The van der Waals surface area contributed by atoms with Crippen LogP contribution >= 0.6 is 11.8 Å². The Labute approximate surface area is 125 Å². The minimum atomic E-state index is -0.0493. The molecular weight excluding hydrogens is 272 g/mol. The largest absolute Gasteiger partial charge is 0.497 e. The van der Waals surface area contributed by atoms with Gasteiger partial charge >= 0.3 is 0 Å². The fraction of sp³-hybridized carbons (Fsp3) is 0.533. The van der Waals surface area contributed by atoms with Gasteiger partial charge in [0.05, 0.1) is 12.4 Å². The van der Waals surface area contributed by atoms with Crippen LogP contribution in [0.2, 0.25) is 0 Å². The van der Waals surface area contributed by atoms with E-state index in [4.69, 9.17) is 4.74 Å². The monoisotopic (exact) mass is 294 g/mol. The summed E-state index contributed by atoms with van der Waals surface area (Å²) in [4.78, 5) is 17.7. The molecule has 2 rings (SSSR count). The lowest BCUT2D eigenvalue weighted by atomic mass is 10.3. The summed E-state index contributed by atoms with van der Waals surface area (Å²) in [5.41, 5.74) is 0. The van der Waals surface area contributed by atoms with Crippen LogP contribution in [0.5, 0.6) is 5.75 Å². The number of thioether (sulfide) groups is 1. The topological polar surface area (TPSA) is 32.8 Å². The molecule has 0 saturated carbocycles. The maximum absolute atomic E-state index is 12.4. The molecule has 0 bridgehead atoms. The van der Waals surface area contributed by atoms with E-state index in [1.807, 2.05) is 36.1 Å². The van der Waals surface area contributed by atoms with Gasteiger partial charge in [0.15, 0.2) is 0 Å². The Kier molecular flexibility index (Phi) is 5.31. The predicted molar refractivity (Wildman–Crippen MR) is 82.4 cm³/mol. The van der Waals surface area contributed by atoms with Gasteiger partial charge in [0, 0.05) is 31.1 Å². The highest BCUT2D eigenvalue weighted by molar-refractivity contribution is 8.00. The summed E-state index contributed by atoms with van der Waals surface area (Å²) >= 11 is 1.60. The zero-order valence-electron chi connectivity index (χ0n) is 12.3. The van der Waals surface area contributed by atoms with Crippen molar-refractivity contribution < 1.29 is 9.53 Å². The van der Waals surface area contributed by atoms with E-state index < -0.39 is 0 Å². The summed E-state index contributed by atoms with van der Waals surface area (Å²) in [5.74, 6) is 1.08. The lowest BCUT2D eigenvalue weighted by Crippen LogP contribution is -2.49. The SMILES string of the molecule is COc1ccc(SC(C)C(=O)N2CCN(C)CC2)cc1. The van der Waals surface area contributed by atoms with Crippen molar-refractivity contribution >= 4 is 17.7 Å². The van der Waals surface area contributed by atoms with E-state index >= 15 is 0 Å². The average Bonchev–Trinajstić information content (AvgIpc) is 2.48. The number of hydrogen-bond acceptors (Lipinski definition) is 4. The van der Waals surface area contributed by atoms with Gasteiger partial charge in [0.2, 0.25) is 5.91 Å². The minimum Gasteiger partial charge on any atom is -0.497 e. The van der Waals surface area contributed by atoms with Crippen LogP contribution in [0.3, 0.4) is 0 Å². The third-order valence-electron chi connectivity index (χ3n) is 3.54. The first kappa shape index (κ1) is 15.2. The van der Waals surface area contributed by atoms with Crippen molar-refractivity contribution in [3.05, 3.63) is 24.3 Å². The summed E-state index contributed by atoms with van der Waals surface area (Å²) in [5, 5.41) is -0.0493. The highest BCUT2D eigenvalue weighted by Gasteiger charge is 2.24. The number of carbonyl (C=O) groups is 1. The molecule has 20 heavy (non-hydrogen) atoms. The molecule has 1 saturated heterocycles.